The number of nitrogens with one attached hydrogen (secondary N) is 2. The standard InChI is InChI=1S/C23H26BrN3O3S2/c24-21-13-12-20(32-21)16-27(23(29)7-3-1-2-6-22(28)26-30)18-10-8-17(9-11-18)25-15-19-5-4-14-31-19/h4-5,8-14,25,30H,1-3,6-7,15-16H2,(H,26,28). The highest BCUT2D eigenvalue weighted by atomic mass is 79.9. The topological polar surface area (TPSA) is 81.7 Å². The fourth-order valence-electron chi connectivity index (χ4n) is 3.21. The van der Waals surface area contributed by atoms with Crippen LogP contribution in [0.25, 0.3) is 0 Å². The molecule has 2 amide bonds. The monoisotopic (exact) mass is 535 g/mol. The van der Waals surface area contributed by atoms with Crippen LogP contribution >= 0.6 is 38.6 Å². The lowest BCUT2D eigenvalue weighted by atomic mass is 10.1. The fraction of sp³-hybridized carbons (Fsp3) is 0.304. The number of carbonyl (C=O) groups excluding carboxylic acids is 2. The van der Waals surface area contributed by atoms with E-state index in [-0.39, 0.29) is 12.3 Å². The van der Waals surface area contributed by atoms with E-state index in [1.165, 1.54) is 4.88 Å². The van der Waals surface area contributed by atoms with Crippen molar-refractivity contribution in [2.24, 2.45) is 0 Å². The SMILES string of the molecule is O=C(CCCCCC(=O)N(Cc1ccc(Br)s1)c1ccc(NCc2cccs2)cc1)NO. The fourth-order valence-corrected chi connectivity index (χ4v) is 5.32. The molecule has 0 unspecified atom stereocenters. The Kier molecular flexibility index (Phi) is 9.73. The van der Waals surface area contributed by atoms with Crippen molar-refractivity contribution in [3.05, 3.63) is 67.5 Å². The van der Waals surface area contributed by atoms with Gasteiger partial charge in [0.1, 0.15) is 0 Å². The Hall–Kier alpha value is -2.20. The maximum absolute atomic E-state index is 13.1. The molecule has 2 heterocycles. The van der Waals surface area contributed by atoms with Crippen molar-refractivity contribution in [1.82, 2.24) is 5.48 Å². The average Bonchev–Trinajstić information content (AvgIpc) is 3.47. The van der Waals surface area contributed by atoms with Crippen molar-refractivity contribution in [1.29, 1.82) is 0 Å². The zero-order valence-electron chi connectivity index (χ0n) is 17.6. The van der Waals surface area contributed by atoms with Crippen molar-refractivity contribution < 1.29 is 14.8 Å². The van der Waals surface area contributed by atoms with E-state index < -0.39 is 5.91 Å². The molecule has 6 nitrogen and oxygen atoms in total. The molecule has 0 aliphatic rings. The molecule has 3 aromatic rings. The van der Waals surface area contributed by atoms with E-state index in [9.17, 15) is 9.59 Å². The van der Waals surface area contributed by atoms with Crippen LogP contribution in [0, 0.1) is 0 Å². The van der Waals surface area contributed by atoms with Gasteiger partial charge in [-0.05, 0) is 76.6 Å². The van der Waals surface area contributed by atoms with E-state index in [1.54, 1.807) is 28.2 Å². The second-order valence-corrected chi connectivity index (χ2v) is 10.8. The maximum Gasteiger partial charge on any atom is 0.243 e. The minimum Gasteiger partial charge on any atom is -0.380 e. The molecule has 3 rings (SSSR count). The van der Waals surface area contributed by atoms with Gasteiger partial charge < -0.3 is 10.2 Å². The lowest BCUT2D eigenvalue weighted by molar-refractivity contribution is -0.129. The number of hydrogen-bond acceptors (Lipinski definition) is 6. The van der Waals surface area contributed by atoms with E-state index in [4.69, 9.17) is 5.21 Å². The summed E-state index contributed by atoms with van der Waals surface area (Å²) in [6.45, 7) is 1.29. The summed E-state index contributed by atoms with van der Waals surface area (Å²) in [5.74, 6) is -0.338. The Balaban J connectivity index is 1.61. The van der Waals surface area contributed by atoms with Gasteiger partial charge >= 0.3 is 0 Å². The number of hydroxylamine groups is 1. The molecule has 0 spiro atoms. The molecule has 0 saturated carbocycles. The first-order valence-corrected chi connectivity index (χ1v) is 12.9. The van der Waals surface area contributed by atoms with Crippen molar-refractivity contribution in [3.8, 4) is 0 Å². The maximum atomic E-state index is 13.1. The van der Waals surface area contributed by atoms with Crippen LogP contribution in [0.1, 0.15) is 41.9 Å². The molecule has 0 aliphatic carbocycles. The molecule has 0 fully saturated rings. The van der Waals surface area contributed by atoms with E-state index in [1.807, 2.05) is 47.4 Å². The molecule has 0 bridgehead atoms. The summed E-state index contributed by atoms with van der Waals surface area (Å²) in [6, 6.07) is 16.1. The van der Waals surface area contributed by atoms with Crippen LogP contribution in [0.4, 0.5) is 11.4 Å². The van der Waals surface area contributed by atoms with Crippen LogP contribution in [0.2, 0.25) is 0 Å². The number of nitrogens with zero attached hydrogens (tertiary/aromatic N) is 1. The van der Waals surface area contributed by atoms with Gasteiger partial charge in [0.05, 0.1) is 10.3 Å². The first-order chi connectivity index (χ1) is 15.5. The quantitative estimate of drug-likeness (QED) is 0.147. The molecule has 9 heteroatoms. The second-order valence-electron chi connectivity index (χ2n) is 7.26. The number of carbonyl (C=O) groups is 2. The molecule has 0 aliphatic heterocycles. The number of unbranched alkanes of at least 4 members (excludes halogenated alkanes) is 2. The smallest absolute Gasteiger partial charge is 0.243 e. The summed E-state index contributed by atoms with van der Waals surface area (Å²) in [7, 11) is 0. The van der Waals surface area contributed by atoms with Gasteiger partial charge in [0.25, 0.3) is 0 Å². The largest absolute Gasteiger partial charge is 0.380 e. The number of hydrogen-bond donors (Lipinski definition) is 3. The number of anilines is 2. The van der Waals surface area contributed by atoms with Gasteiger partial charge in [0, 0.05) is 40.5 Å². The first-order valence-electron chi connectivity index (χ1n) is 10.4. The molecule has 0 radical (unpaired) electrons. The van der Waals surface area contributed by atoms with Crippen LogP contribution in [0.15, 0.2) is 57.7 Å². The summed E-state index contributed by atoms with van der Waals surface area (Å²) in [5.41, 5.74) is 3.51. The zero-order valence-corrected chi connectivity index (χ0v) is 20.8. The normalized spacial score (nSPS) is 10.7. The van der Waals surface area contributed by atoms with Crippen molar-refractivity contribution in [2.45, 2.75) is 45.2 Å². The highest BCUT2D eigenvalue weighted by Gasteiger charge is 2.17. The van der Waals surface area contributed by atoms with Gasteiger partial charge in [0.2, 0.25) is 11.8 Å². The van der Waals surface area contributed by atoms with Crippen molar-refractivity contribution >= 4 is 61.8 Å². The number of thiophene rings is 2. The van der Waals surface area contributed by atoms with E-state index in [2.05, 4.69) is 32.7 Å². The molecular weight excluding hydrogens is 510 g/mol. The Morgan fingerprint density at radius 3 is 2.41 bits per heavy atom. The van der Waals surface area contributed by atoms with Crippen LogP contribution < -0.4 is 15.7 Å². The van der Waals surface area contributed by atoms with Crippen LogP contribution in [-0.2, 0) is 22.7 Å². The highest BCUT2D eigenvalue weighted by molar-refractivity contribution is 9.11. The predicted octanol–water partition coefficient (Wildman–Crippen LogP) is 6.17. The van der Waals surface area contributed by atoms with Crippen LogP contribution in [0.3, 0.4) is 0 Å². The molecule has 3 N–H and O–H groups in total. The number of amides is 2. The summed E-state index contributed by atoms with van der Waals surface area (Å²) in [4.78, 5) is 28.4. The van der Waals surface area contributed by atoms with Crippen LogP contribution in [0.5, 0.6) is 0 Å². The number of benzene rings is 1. The van der Waals surface area contributed by atoms with Crippen molar-refractivity contribution in [2.75, 3.05) is 10.2 Å². The van der Waals surface area contributed by atoms with Gasteiger partial charge in [-0.25, -0.2) is 5.48 Å². The summed E-state index contributed by atoms with van der Waals surface area (Å²) in [6.07, 6.45) is 2.76. The second kappa shape index (κ2) is 12.7. The summed E-state index contributed by atoms with van der Waals surface area (Å²) >= 11 is 6.83. The number of halogens is 1. The molecule has 32 heavy (non-hydrogen) atoms. The molecule has 1 aromatic carbocycles. The predicted molar refractivity (Wildman–Crippen MR) is 134 cm³/mol. The van der Waals surface area contributed by atoms with E-state index in [0.717, 1.165) is 33.0 Å². The minimum absolute atomic E-state index is 0.0560. The molecule has 0 saturated heterocycles. The van der Waals surface area contributed by atoms with Crippen LogP contribution in [-0.4, -0.2) is 17.0 Å². The van der Waals surface area contributed by atoms with E-state index in [0.29, 0.717) is 25.8 Å². The van der Waals surface area contributed by atoms with Gasteiger partial charge in [-0.2, -0.15) is 0 Å². The third-order valence-electron chi connectivity index (χ3n) is 4.89. The Morgan fingerprint density at radius 1 is 0.969 bits per heavy atom. The van der Waals surface area contributed by atoms with Gasteiger partial charge in [0.15, 0.2) is 0 Å². The van der Waals surface area contributed by atoms with E-state index >= 15 is 0 Å². The van der Waals surface area contributed by atoms with Gasteiger partial charge in [-0.15, -0.1) is 22.7 Å². The lowest BCUT2D eigenvalue weighted by Crippen LogP contribution is -2.29. The molecule has 0 atom stereocenters. The summed E-state index contributed by atoms with van der Waals surface area (Å²) < 4.78 is 1.04. The van der Waals surface area contributed by atoms with Gasteiger partial charge in [-0.3, -0.25) is 14.8 Å². The van der Waals surface area contributed by atoms with Crippen molar-refractivity contribution in [3.63, 3.8) is 0 Å². The number of rotatable bonds is 12. The Labute approximate surface area is 204 Å². The Bertz CT molecular complexity index is 990. The summed E-state index contributed by atoms with van der Waals surface area (Å²) in [5, 5.41) is 14.0. The molecular formula is C23H26BrN3O3S2. The molecule has 2 aromatic heterocycles. The molecule has 170 valence electrons. The minimum atomic E-state index is -0.394. The zero-order chi connectivity index (χ0) is 22.8. The third-order valence-corrected chi connectivity index (χ3v) is 7.37. The average molecular weight is 537 g/mol. The highest BCUT2D eigenvalue weighted by Crippen LogP contribution is 2.27. The Morgan fingerprint density at radius 2 is 1.75 bits per heavy atom. The third kappa shape index (κ3) is 7.74. The first kappa shape index (κ1) is 24.4. The lowest BCUT2D eigenvalue weighted by Gasteiger charge is -2.23. The van der Waals surface area contributed by atoms with Gasteiger partial charge in [-0.1, -0.05) is 12.5 Å².